The van der Waals surface area contributed by atoms with Crippen molar-refractivity contribution < 1.29 is 9.53 Å². The number of guanidine groups is 1. The highest BCUT2D eigenvalue weighted by atomic mass is 16.5. The number of hydrogen-bond acceptors (Lipinski definition) is 3. The number of rotatable bonds is 7. The van der Waals surface area contributed by atoms with Gasteiger partial charge in [-0.25, -0.2) is 0 Å². The van der Waals surface area contributed by atoms with Crippen LogP contribution in [0.2, 0.25) is 0 Å². The van der Waals surface area contributed by atoms with Gasteiger partial charge in [-0.15, -0.1) is 0 Å². The summed E-state index contributed by atoms with van der Waals surface area (Å²) in [5, 5.41) is 0. The van der Waals surface area contributed by atoms with Crippen molar-refractivity contribution >= 4 is 11.9 Å². The first-order chi connectivity index (χ1) is 6.66. The number of carbonyl (C=O) groups is 1. The smallest absolute Gasteiger partial charge is 0.305 e. The Balaban J connectivity index is 3.21. The van der Waals surface area contributed by atoms with E-state index in [1.807, 2.05) is 0 Å². The third-order valence-corrected chi connectivity index (χ3v) is 1.64. The van der Waals surface area contributed by atoms with Crippen LogP contribution in [0.15, 0.2) is 4.99 Å². The molecule has 0 aliphatic heterocycles. The van der Waals surface area contributed by atoms with Gasteiger partial charge in [-0.2, -0.15) is 0 Å². The van der Waals surface area contributed by atoms with Crippen LogP contribution in [-0.2, 0) is 9.53 Å². The maximum Gasteiger partial charge on any atom is 0.305 e. The van der Waals surface area contributed by atoms with Gasteiger partial charge in [-0.05, 0) is 19.8 Å². The average Bonchev–Trinajstić information content (AvgIpc) is 2.11. The minimum Gasteiger partial charge on any atom is -0.466 e. The zero-order chi connectivity index (χ0) is 10.8. The maximum atomic E-state index is 10.9. The normalized spacial score (nSPS) is 9.50. The summed E-state index contributed by atoms with van der Waals surface area (Å²) in [5.74, 6) is -0.00951. The summed E-state index contributed by atoms with van der Waals surface area (Å²) in [6.45, 7) is 2.88. The average molecular weight is 201 g/mol. The zero-order valence-corrected chi connectivity index (χ0v) is 8.66. The molecule has 0 fully saturated rings. The van der Waals surface area contributed by atoms with Gasteiger partial charge in [0.1, 0.15) is 0 Å². The highest BCUT2D eigenvalue weighted by Crippen LogP contribution is 2.01. The lowest BCUT2D eigenvalue weighted by molar-refractivity contribution is -0.143. The Morgan fingerprint density at radius 1 is 1.29 bits per heavy atom. The Bertz CT molecular complexity index is 188. The molecule has 0 amide bonds. The molecule has 0 saturated carbocycles. The van der Waals surface area contributed by atoms with Crippen molar-refractivity contribution in [2.45, 2.75) is 32.6 Å². The van der Waals surface area contributed by atoms with Crippen LogP contribution in [0.1, 0.15) is 32.6 Å². The van der Waals surface area contributed by atoms with E-state index < -0.39 is 0 Å². The Morgan fingerprint density at radius 2 is 2.00 bits per heavy atom. The van der Waals surface area contributed by atoms with Crippen molar-refractivity contribution in [3.8, 4) is 0 Å². The van der Waals surface area contributed by atoms with E-state index in [-0.39, 0.29) is 11.9 Å². The van der Waals surface area contributed by atoms with E-state index in [0.717, 1.165) is 19.3 Å². The molecule has 0 rings (SSSR count). The summed E-state index contributed by atoms with van der Waals surface area (Å²) in [4.78, 5) is 14.7. The quantitative estimate of drug-likeness (QED) is 0.270. The second-order valence-electron chi connectivity index (χ2n) is 2.92. The van der Waals surface area contributed by atoms with Gasteiger partial charge in [0.05, 0.1) is 6.61 Å². The summed E-state index contributed by atoms with van der Waals surface area (Å²) in [7, 11) is 0. The van der Waals surface area contributed by atoms with E-state index in [1.165, 1.54) is 0 Å². The predicted octanol–water partition coefficient (Wildman–Crippen LogP) is 0.383. The SMILES string of the molecule is CCOC(=O)CCCCCN=C(N)N. The van der Waals surface area contributed by atoms with Gasteiger partial charge in [0.2, 0.25) is 0 Å². The van der Waals surface area contributed by atoms with E-state index in [2.05, 4.69) is 4.99 Å². The fourth-order valence-corrected chi connectivity index (χ4v) is 0.999. The molecular formula is C9H19N3O2. The number of ether oxygens (including phenoxy) is 1. The Hall–Kier alpha value is -1.26. The molecule has 5 nitrogen and oxygen atoms in total. The first-order valence-corrected chi connectivity index (χ1v) is 4.87. The topological polar surface area (TPSA) is 90.7 Å². The van der Waals surface area contributed by atoms with E-state index in [1.54, 1.807) is 6.92 Å². The highest BCUT2D eigenvalue weighted by Gasteiger charge is 1.99. The van der Waals surface area contributed by atoms with Gasteiger partial charge in [-0.1, -0.05) is 6.42 Å². The van der Waals surface area contributed by atoms with E-state index in [4.69, 9.17) is 16.2 Å². The van der Waals surface area contributed by atoms with Gasteiger partial charge in [0, 0.05) is 13.0 Å². The van der Waals surface area contributed by atoms with Crippen LogP contribution in [0.25, 0.3) is 0 Å². The third-order valence-electron chi connectivity index (χ3n) is 1.64. The van der Waals surface area contributed by atoms with Gasteiger partial charge in [0.25, 0.3) is 0 Å². The van der Waals surface area contributed by atoms with Gasteiger partial charge < -0.3 is 16.2 Å². The molecule has 5 heteroatoms. The molecule has 0 aromatic heterocycles. The van der Waals surface area contributed by atoms with Crippen molar-refractivity contribution in [2.75, 3.05) is 13.2 Å². The van der Waals surface area contributed by atoms with E-state index in [0.29, 0.717) is 19.6 Å². The Labute approximate surface area is 84.5 Å². The van der Waals surface area contributed by atoms with Gasteiger partial charge in [-0.3, -0.25) is 9.79 Å². The molecule has 0 aromatic rings. The number of nitrogens with zero attached hydrogens (tertiary/aromatic N) is 1. The minimum absolute atomic E-state index is 0.121. The first kappa shape index (κ1) is 12.7. The highest BCUT2D eigenvalue weighted by molar-refractivity contribution is 5.75. The second-order valence-corrected chi connectivity index (χ2v) is 2.92. The molecule has 0 bridgehead atoms. The van der Waals surface area contributed by atoms with Crippen LogP contribution in [0, 0.1) is 0 Å². The Kier molecular flexibility index (Phi) is 7.59. The summed E-state index contributed by atoms with van der Waals surface area (Å²) in [5.41, 5.74) is 10.3. The van der Waals surface area contributed by atoms with Crippen LogP contribution in [0.4, 0.5) is 0 Å². The molecule has 0 atom stereocenters. The standard InChI is InChI=1S/C9H19N3O2/c1-2-14-8(13)6-4-3-5-7-12-9(10)11/h2-7H2,1H3,(H4,10,11,12). The van der Waals surface area contributed by atoms with E-state index in [9.17, 15) is 4.79 Å². The van der Waals surface area contributed by atoms with Gasteiger partial charge >= 0.3 is 5.97 Å². The molecule has 0 aliphatic rings. The summed E-state index contributed by atoms with van der Waals surface area (Å²) >= 11 is 0. The van der Waals surface area contributed by atoms with Crippen LogP contribution in [-0.4, -0.2) is 25.1 Å². The number of esters is 1. The largest absolute Gasteiger partial charge is 0.466 e. The number of carbonyl (C=O) groups excluding carboxylic acids is 1. The van der Waals surface area contributed by atoms with Crippen molar-refractivity contribution in [3.05, 3.63) is 0 Å². The molecule has 0 heterocycles. The van der Waals surface area contributed by atoms with Crippen molar-refractivity contribution in [1.29, 1.82) is 0 Å². The lowest BCUT2D eigenvalue weighted by Gasteiger charge is -2.00. The molecule has 0 saturated heterocycles. The molecular weight excluding hydrogens is 182 g/mol. The van der Waals surface area contributed by atoms with Crippen LogP contribution in [0.5, 0.6) is 0 Å². The predicted molar refractivity (Wildman–Crippen MR) is 55.8 cm³/mol. The molecule has 0 aromatic carbocycles. The monoisotopic (exact) mass is 201 g/mol. The molecule has 0 unspecified atom stereocenters. The molecule has 0 spiro atoms. The maximum absolute atomic E-state index is 10.9. The molecule has 0 radical (unpaired) electrons. The number of nitrogens with two attached hydrogens (primary N) is 2. The summed E-state index contributed by atoms with van der Waals surface area (Å²) in [6.07, 6.45) is 3.15. The summed E-state index contributed by atoms with van der Waals surface area (Å²) < 4.78 is 4.78. The third kappa shape index (κ3) is 8.83. The minimum atomic E-state index is -0.130. The van der Waals surface area contributed by atoms with Crippen LogP contribution < -0.4 is 11.5 Å². The van der Waals surface area contributed by atoms with Crippen LogP contribution >= 0.6 is 0 Å². The number of aliphatic imine (C=N–C) groups is 1. The van der Waals surface area contributed by atoms with Gasteiger partial charge in [0.15, 0.2) is 5.96 Å². The summed E-state index contributed by atoms with van der Waals surface area (Å²) in [6, 6.07) is 0. The molecule has 14 heavy (non-hydrogen) atoms. The van der Waals surface area contributed by atoms with Crippen molar-refractivity contribution in [1.82, 2.24) is 0 Å². The van der Waals surface area contributed by atoms with E-state index >= 15 is 0 Å². The molecule has 82 valence electrons. The Morgan fingerprint density at radius 3 is 2.57 bits per heavy atom. The fourth-order valence-electron chi connectivity index (χ4n) is 0.999. The van der Waals surface area contributed by atoms with Crippen LogP contribution in [0.3, 0.4) is 0 Å². The first-order valence-electron chi connectivity index (χ1n) is 4.87. The van der Waals surface area contributed by atoms with Crippen molar-refractivity contribution in [2.24, 2.45) is 16.5 Å². The second kappa shape index (κ2) is 8.34. The lowest BCUT2D eigenvalue weighted by atomic mass is 10.2. The zero-order valence-electron chi connectivity index (χ0n) is 8.66. The number of unbranched alkanes of at least 4 members (excludes halogenated alkanes) is 2. The number of hydrogen-bond donors (Lipinski definition) is 2. The lowest BCUT2D eigenvalue weighted by Crippen LogP contribution is -2.22. The molecule has 0 aliphatic carbocycles. The van der Waals surface area contributed by atoms with Crippen molar-refractivity contribution in [3.63, 3.8) is 0 Å². The molecule has 4 N–H and O–H groups in total. The fraction of sp³-hybridized carbons (Fsp3) is 0.778.